The molecule has 0 aliphatic rings. The summed E-state index contributed by atoms with van der Waals surface area (Å²) in [6, 6.07) is 4.37. The predicted octanol–water partition coefficient (Wildman–Crippen LogP) is -0.433. The lowest BCUT2D eigenvalue weighted by atomic mass is 10.2. The van der Waals surface area contributed by atoms with Crippen molar-refractivity contribution in [2.45, 2.75) is 6.04 Å². The maximum absolute atomic E-state index is 10.6. The highest BCUT2D eigenvalue weighted by molar-refractivity contribution is 5.80. The van der Waals surface area contributed by atoms with Gasteiger partial charge in [-0.3, -0.25) is 9.78 Å². The number of hydrogen-bond donors (Lipinski definition) is 2. The van der Waals surface area contributed by atoms with Crippen LogP contribution in [-0.2, 0) is 4.79 Å². The number of nitrogens with zero attached hydrogens (tertiary/aromatic N) is 1. The number of nitrogens with two attached hydrogens (primary N) is 2. The summed E-state index contributed by atoms with van der Waals surface area (Å²) in [6.45, 7) is 0. The fourth-order valence-corrected chi connectivity index (χ4v) is 0.706. The molecule has 0 spiro atoms. The fourth-order valence-electron chi connectivity index (χ4n) is 0.706. The second kappa shape index (κ2) is 3.12. The fraction of sp³-hybridized carbons (Fsp3) is 0.143. The molecule has 4 heteroatoms. The van der Waals surface area contributed by atoms with Crippen molar-refractivity contribution in [3.05, 3.63) is 30.1 Å². The summed E-state index contributed by atoms with van der Waals surface area (Å²) >= 11 is 0. The number of pyridine rings is 1. The Kier molecular flexibility index (Phi) is 2.18. The summed E-state index contributed by atoms with van der Waals surface area (Å²) in [5, 5.41) is 0. The Morgan fingerprint density at radius 1 is 1.55 bits per heavy atom. The summed E-state index contributed by atoms with van der Waals surface area (Å²) in [5.41, 5.74) is 10.9. The van der Waals surface area contributed by atoms with Crippen LogP contribution in [0.5, 0.6) is 0 Å². The van der Waals surface area contributed by atoms with Gasteiger partial charge in [0.05, 0.1) is 5.69 Å². The van der Waals surface area contributed by atoms with E-state index in [1.807, 2.05) is 0 Å². The summed E-state index contributed by atoms with van der Waals surface area (Å²) < 4.78 is 0. The molecule has 0 aliphatic heterocycles. The Labute approximate surface area is 64.2 Å². The third-order valence-corrected chi connectivity index (χ3v) is 1.31. The first kappa shape index (κ1) is 7.68. The average Bonchev–Trinajstić information content (AvgIpc) is 2.05. The van der Waals surface area contributed by atoms with E-state index in [-0.39, 0.29) is 0 Å². The van der Waals surface area contributed by atoms with Crippen LogP contribution in [0.4, 0.5) is 0 Å². The topological polar surface area (TPSA) is 82.0 Å². The van der Waals surface area contributed by atoms with Gasteiger partial charge in [0.25, 0.3) is 0 Å². The van der Waals surface area contributed by atoms with E-state index in [0.29, 0.717) is 5.69 Å². The smallest absolute Gasteiger partial charge is 0.240 e. The van der Waals surface area contributed by atoms with Crippen LogP contribution >= 0.6 is 0 Å². The lowest BCUT2D eigenvalue weighted by Crippen LogP contribution is -2.28. The zero-order valence-electron chi connectivity index (χ0n) is 5.90. The van der Waals surface area contributed by atoms with E-state index in [4.69, 9.17) is 11.5 Å². The van der Waals surface area contributed by atoms with E-state index in [2.05, 4.69) is 4.98 Å². The lowest BCUT2D eigenvalue weighted by Gasteiger charge is -2.04. The highest BCUT2D eigenvalue weighted by Crippen LogP contribution is 2.03. The Morgan fingerprint density at radius 3 is 2.73 bits per heavy atom. The summed E-state index contributed by atoms with van der Waals surface area (Å²) in [5.74, 6) is -0.566. The Balaban J connectivity index is 2.85. The van der Waals surface area contributed by atoms with Crippen LogP contribution in [0.25, 0.3) is 0 Å². The van der Waals surface area contributed by atoms with Gasteiger partial charge in [0.1, 0.15) is 6.04 Å². The van der Waals surface area contributed by atoms with E-state index < -0.39 is 11.9 Å². The molecule has 0 bridgehead atoms. The maximum Gasteiger partial charge on any atom is 0.240 e. The molecular formula is C7H9N3O. The van der Waals surface area contributed by atoms with E-state index in [0.717, 1.165) is 0 Å². The largest absolute Gasteiger partial charge is 0.368 e. The van der Waals surface area contributed by atoms with Crippen molar-refractivity contribution in [1.82, 2.24) is 4.98 Å². The van der Waals surface area contributed by atoms with Crippen LogP contribution in [0.3, 0.4) is 0 Å². The van der Waals surface area contributed by atoms with Gasteiger partial charge in [0.2, 0.25) is 5.91 Å². The number of primary amides is 1. The van der Waals surface area contributed by atoms with Gasteiger partial charge < -0.3 is 11.5 Å². The van der Waals surface area contributed by atoms with Crippen molar-refractivity contribution in [3.8, 4) is 0 Å². The quantitative estimate of drug-likeness (QED) is 0.601. The van der Waals surface area contributed by atoms with E-state index >= 15 is 0 Å². The van der Waals surface area contributed by atoms with Gasteiger partial charge in [0.15, 0.2) is 0 Å². The Bertz CT molecular complexity index is 247. The SMILES string of the molecule is NC(=O)C(N)c1ccccn1. The van der Waals surface area contributed by atoms with Gasteiger partial charge >= 0.3 is 0 Å². The highest BCUT2D eigenvalue weighted by atomic mass is 16.1. The number of carbonyl (C=O) groups is 1. The molecule has 0 fully saturated rings. The van der Waals surface area contributed by atoms with Gasteiger partial charge in [-0.1, -0.05) is 6.07 Å². The number of hydrogen-bond acceptors (Lipinski definition) is 3. The molecule has 1 amide bonds. The molecule has 1 atom stereocenters. The zero-order valence-corrected chi connectivity index (χ0v) is 5.90. The van der Waals surface area contributed by atoms with E-state index in [1.165, 1.54) is 0 Å². The van der Waals surface area contributed by atoms with Gasteiger partial charge in [-0.25, -0.2) is 0 Å². The van der Waals surface area contributed by atoms with Crippen LogP contribution < -0.4 is 11.5 Å². The minimum Gasteiger partial charge on any atom is -0.368 e. The summed E-state index contributed by atoms with van der Waals surface area (Å²) in [6.07, 6.45) is 1.57. The molecule has 1 heterocycles. The molecule has 58 valence electrons. The lowest BCUT2D eigenvalue weighted by molar-refractivity contribution is -0.119. The number of rotatable bonds is 2. The van der Waals surface area contributed by atoms with Crippen LogP contribution in [0, 0.1) is 0 Å². The Morgan fingerprint density at radius 2 is 2.27 bits per heavy atom. The third-order valence-electron chi connectivity index (χ3n) is 1.31. The van der Waals surface area contributed by atoms with Gasteiger partial charge in [-0.05, 0) is 12.1 Å². The van der Waals surface area contributed by atoms with Crippen molar-refractivity contribution in [2.24, 2.45) is 11.5 Å². The second-order valence-corrected chi connectivity index (χ2v) is 2.13. The number of amides is 1. The van der Waals surface area contributed by atoms with Gasteiger partial charge in [-0.2, -0.15) is 0 Å². The number of carbonyl (C=O) groups excluding carboxylic acids is 1. The van der Waals surface area contributed by atoms with Crippen LogP contribution in [0.15, 0.2) is 24.4 Å². The van der Waals surface area contributed by atoms with Crippen LogP contribution in [0.2, 0.25) is 0 Å². The molecule has 0 aromatic carbocycles. The van der Waals surface area contributed by atoms with E-state index in [1.54, 1.807) is 24.4 Å². The first-order valence-electron chi connectivity index (χ1n) is 3.17. The molecule has 1 unspecified atom stereocenters. The molecule has 1 rings (SSSR count). The second-order valence-electron chi connectivity index (χ2n) is 2.13. The average molecular weight is 151 g/mol. The summed E-state index contributed by atoms with van der Waals surface area (Å²) in [7, 11) is 0. The van der Waals surface area contributed by atoms with E-state index in [9.17, 15) is 4.79 Å². The minimum atomic E-state index is -0.795. The normalized spacial score (nSPS) is 12.5. The van der Waals surface area contributed by atoms with Crippen molar-refractivity contribution in [2.75, 3.05) is 0 Å². The van der Waals surface area contributed by atoms with Gasteiger partial charge in [-0.15, -0.1) is 0 Å². The van der Waals surface area contributed by atoms with Crippen molar-refractivity contribution in [1.29, 1.82) is 0 Å². The first-order valence-corrected chi connectivity index (χ1v) is 3.17. The molecule has 0 radical (unpaired) electrons. The third kappa shape index (κ3) is 1.75. The van der Waals surface area contributed by atoms with Gasteiger partial charge in [0, 0.05) is 6.20 Å². The van der Waals surface area contributed by atoms with Crippen LogP contribution in [-0.4, -0.2) is 10.9 Å². The Hall–Kier alpha value is -1.42. The summed E-state index contributed by atoms with van der Waals surface area (Å²) in [4.78, 5) is 14.4. The minimum absolute atomic E-state index is 0.500. The molecule has 4 N–H and O–H groups in total. The zero-order chi connectivity index (χ0) is 8.27. The molecule has 1 aromatic heterocycles. The standard InChI is InChI=1S/C7H9N3O/c8-6(7(9)11)5-3-1-2-4-10-5/h1-4,6H,8H2,(H2,9,11). The molecule has 11 heavy (non-hydrogen) atoms. The predicted molar refractivity (Wildman–Crippen MR) is 40.4 cm³/mol. The molecule has 1 aromatic rings. The maximum atomic E-state index is 10.6. The molecule has 0 saturated heterocycles. The first-order chi connectivity index (χ1) is 5.22. The molecule has 4 nitrogen and oxygen atoms in total. The monoisotopic (exact) mass is 151 g/mol. The van der Waals surface area contributed by atoms with Crippen molar-refractivity contribution in [3.63, 3.8) is 0 Å². The molecule has 0 aliphatic carbocycles. The number of aromatic nitrogens is 1. The molecule has 0 saturated carbocycles. The molecular weight excluding hydrogens is 142 g/mol. The highest BCUT2D eigenvalue weighted by Gasteiger charge is 2.11. The van der Waals surface area contributed by atoms with Crippen LogP contribution in [0.1, 0.15) is 11.7 Å². The van der Waals surface area contributed by atoms with Crippen molar-refractivity contribution >= 4 is 5.91 Å². The van der Waals surface area contributed by atoms with Crippen molar-refractivity contribution < 1.29 is 4.79 Å².